The van der Waals surface area contributed by atoms with E-state index in [-0.39, 0.29) is 12.4 Å². The lowest BCUT2D eigenvalue weighted by Crippen LogP contribution is -2.13. The van der Waals surface area contributed by atoms with E-state index in [1.807, 2.05) is 12.1 Å². The zero-order chi connectivity index (χ0) is 21.1. The summed E-state index contributed by atoms with van der Waals surface area (Å²) in [6.45, 7) is 3.62. The first-order valence-corrected chi connectivity index (χ1v) is 10.3. The molecule has 7 nitrogen and oxygen atoms in total. The summed E-state index contributed by atoms with van der Waals surface area (Å²) >= 11 is 3.29. The second kappa shape index (κ2) is 12.4. The smallest absolute Gasteiger partial charge is 0.343 e. The van der Waals surface area contributed by atoms with Crippen LogP contribution < -0.4 is 9.47 Å². The van der Waals surface area contributed by atoms with Gasteiger partial charge in [0.25, 0.3) is 0 Å². The standard InChI is InChI=1S/C21H25BrO7/c1-15(23)21-18-13-17(29-14-20(24)25-2)5-3-16(18)4-6-19(21)28-12-11-27-10-9-26-8-7-22/h3-6,13H,7-12,14H2,1-2H3. The number of ether oxygens (including phenoxy) is 5. The molecule has 0 heterocycles. The van der Waals surface area contributed by atoms with Crippen LogP contribution in [-0.4, -0.2) is 63.8 Å². The van der Waals surface area contributed by atoms with Gasteiger partial charge in [-0.1, -0.05) is 28.1 Å². The monoisotopic (exact) mass is 468 g/mol. The highest BCUT2D eigenvalue weighted by molar-refractivity contribution is 9.09. The summed E-state index contributed by atoms with van der Waals surface area (Å²) in [6, 6.07) is 8.93. The number of methoxy groups -OCH3 is 1. The third kappa shape index (κ3) is 7.30. The molecule has 2 rings (SSSR count). The molecule has 0 unspecified atom stereocenters. The van der Waals surface area contributed by atoms with Crippen LogP contribution in [0.15, 0.2) is 30.3 Å². The summed E-state index contributed by atoms with van der Waals surface area (Å²) in [7, 11) is 1.30. The normalized spacial score (nSPS) is 10.7. The average Bonchev–Trinajstić information content (AvgIpc) is 2.73. The number of hydrogen-bond donors (Lipinski definition) is 0. The van der Waals surface area contributed by atoms with Crippen LogP contribution in [0.2, 0.25) is 0 Å². The maximum Gasteiger partial charge on any atom is 0.343 e. The van der Waals surface area contributed by atoms with E-state index in [1.165, 1.54) is 14.0 Å². The van der Waals surface area contributed by atoms with Crippen molar-refractivity contribution in [2.45, 2.75) is 6.92 Å². The molecule has 0 fully saturated rings. The van der Waals surface area contributed by atoms with Crippen molar-refractivity contribution >= 4 is 38.5 Å². The van der Waals surface area contributed by atoms with Crippen LogP contribution in [-0.2, 0) is 19.0 Å². The molecule has 8 heteroatoms. The highest BCUT2D eigenvalue weighted by atomic mass is 79.9. The lowest BCUT2D eigenvalue weighted by atomic mass is 10.0. The van der Waals surface area contributed by atoms with E-state index in [0.29, 0.717) is 55.5 Å². The molecular formula is C21H25BrO7. The van der Waals surface area contributed by atoms with Gasteiger partial charge in [-0.3, -0.25) is 4.79 Å². The molecular weight excluding hydrogens is 444 g/mol. The molecule has 0 aromatic heterocycles. The van der Waals surface area contributed by atoms with Gasteiger partial charge < -0.3 is 23.7 Å². The Morgan fingerprint density at radius 3 is 2.31 bits per heavy atom. The molecule has 29 heavy (non-hydrogen) atoms. The Hall–Kier alpha value is -2.16. The van der Waals surface area contributed by atoms with Gasteiger partial charge in [0.2, 0.25) is 0 Å². The molecule has 0 radical (unpaired) electrons. The minimum absolute atomic E-state index is 0.125. The minimum Gasteiger partial charge on any atom is -0.490 e. The highest BCUT2D eigenvalue weighted by Crippen LogP contribution is 2.31. The van der Waals surface area contributed by atoms with Crippen LogP contribution in [0.3, 0.4) is 0 Å². The molecule has 0 amide bonds. The second-order valence-electron chi connectivity index (χ2n) is 6.00. The minimum atomic E-state index is -0.480. The van der Waals surface area contributed by atoms with E-state index in [1.54, 1.807) is 18.2 Å². The summed E-state index contributed by atoms with van der Waals surface area (Å²) in [4.78, 5) is 23.6. The SMILES string of the molecule is COC(=O)COc1ccc2ccc(OCCOCCOCCBr)c(C(C)=O)c2c1. The predicted molar refractivity (Wildman–Crippen MR) is 112 cm³/mol. The van der Waals surface area contributed by atoms with Crippen molar-refractivity contribution in [2.75, 3.05) is 52.1 Å². The van der Waals surface area contributed by atoms with Gasteiger partial charge in [-0.2, -0.15) is 0 Å². The fourth-order valence-corrected chi connectivity index (χ4v) is 2.87. The van der Waals surface area contributed by atoms with E-state index in [9.17, 15) is 9.59 Å². The number of carbonyl (C=O) groups is 2. The zero-order valence-electron chi connectivity index (χ0n) is 16.6. The Morgan fingerprint density at radius 1 is 0.931 bits per heavy atom. The van der Waals surface area contributed by atoms with Gasteiger partial charge in [0.15, 0.2) is 12.4 Å². The van der Waals surface area contributed by atoms with E-state index in [4.69, 9.17) is 18.9 Å². The van der Waals surface area contributed by atoms with Crippen LogP contribution in [0, 0.1) is 0 Å². The number of alkyl halides is 1. The van der Waals surface area contributed by atoms with E-state index in [0.717, 1.165) is 10.7 Å². The molecule has 0 bridgehead atoms. The first kappa shape index (κ1) is 23.1. The zero-order valence-corrected chi connectivity index (χ0v) is 18.2. The van der Waals surface area contributed by atoms with Crippen molar-refractivity contribution in [3.8, 4) is 11.5 Å². The molecule has 0 atom stereocenters. The summed E-state index contributed by atoms with van der Waals surface area (Å²) in [5, 5.41) is 2.36. The molecule has 0 saturated heterocycles. The third-order valence-corrected chi connectivity index (χ3v) is 4.29. The first-order valence-electron chi connectivity index (χ1n) is 9.18. The van der Waals surface area contributed by atoms with Crippen molar-refractivity contribution < 1.29 is 33.3 Å². The van der Waals surface area contributed by atoms with Crippen LogP contribution in [0.1, 0.15) is 17.3 Å². The number of halogens is 1. The van der Waals surface area contributed by atoms with Crippen molar-refractivity contribution in [1.82, 2.24) is 0 Å². The molecule has 0 aliphatic rings. The number of Topliss-reactive ketones (excluding diaryl/α,β-unsaturated/α-hetero) is 1. The molecule has 158 valence electrons. The molecule has 0 N–H and O–H groups in total. The quantitative estimate of drug-likeness (QED) is 0.193. The fourth-order valence-electron chi connectivity index (χ4n) is 2.64. The van der Waals surface area contributed by atoms with E-state index in [2.05, 4.69) is 20.7 Å². The average molecular weight is 469 g/mol. The van der Waals surface area contributed by atoms with Gasteiger partial charge in [0.05, 0.1) is 39.1 Å². The highest BCUT2D eigenvalue weighted by Gasteiger charge is 2.14. The largest absolute Gasteiger partial charge is 0.490 e. The Balaban J connectivity index is 2.05. The van der Waals surface area contributed by atoms with Gasteiger partial charge in [-0.15, -0.1) is 0 Å². The molecule has 0 aliphatic heterocycles. The van der Waals surface area contributed by atoms with Crippen molar-refractivity contribution in [3.63, 3.8) is 0 Å². The van der Waals surface area contributed by atoms with Crippen LogP contribution in [0.4, 0.5) is 0 Å². The number of ketones is 1. The molecule has 2 aromatic carbocycles. The number of carbonyl (C=O) groups excluding carboxylic acids is 2. The maximum atomic E-state index is 12.3. The Labute approximate surface area is 178 Å². The third-order valence-electron chi connectivity index (χ3n) is 3.97. The Bertz CT molecular complexity index is 822. The van der Waals surface area contributed by atoms with Crippen LogP contribution in [0.5, 0.6) is 11.5 Å². The number of rotatable bonds is 13. The Kier molecular flexibility index (Phi) is 9.90. The summed E-state index contributed by atoms with van der Waals surface area (Å²) in [6.07, 6.45) is 0. The van der Waals surface area contributed by atoms with Crippen LogP contribution >= 0.6 is 15.9 Å². The van der Waals surface area contributed by atoms with Gasteiger partial charge in [-0.25, -0.2) is 4.79 Å². The fraction of sp³-hybridized carbons (Fsp3) is 0.429. The van der Waals surface area contributed by atoms with Gasteiger partial charge in [0.1, 0.15) is 18.1 Å². The summed E-state index contributed by atoms with van der Waals surface area (Å²) in [5.41, 5.74) is 0.465. The van der Waals surface area contributed by atoms with Gasteiger partial charge in [0, 0.05) is 5.33 Å². The maximum absolute atomic E-state index is 12.3. The number of benzene rings is 2. The summed E-state index contributed by atoms with van der Waals surface area (Å²) in [5.74, 6) is 0.343. The lowest BCUT2D eigenvalue weighted by molar-refractivity contribution is -0.142. The second-order valence-corrected chi connectivity index (χ2v) is 6.80. The number of hydrogen-bond acceptors (Lipinski definition) is 7. The van der Waals surface area contributed by atoms with Gasteiger partial charge in [-0.05, 0) is 35.9 Å². The predicted octanol–water partition coefficient (Wildman–Crippen LogP) is 3.40. The van der Waals surface area contributed by atoms with E-state index >= 15 is 0 Å². The molecule has 0 saturated carbocycles. The van der Waals surface area contributed by atoms with Crippen LogP contribution in [0.25, 0.3) is 10.8 Å². The van der Waals surface area contributed by atoms with Crippen molar-refractivity contribution in [2.24, 2.45) is 0 Å². The number of fused-ring (bicyclic) bond motifs is 1. The molecule has 0 aliphatic carbocycles. The first-order chi connectivity index (χ1) is 14.1. The Morgan fingerprint density at radius 2 is 1.62 bits per heavy atom. The van der Waals surface area contributed by atoms with E-state index < -0.39 is 5.97 Å². The lowest BCUT2D eigenvalue weighted by Gasteiger charge is -2.14. The molecule has 2 aromatic rings. The van der Waals surface area contributed by atoms with Gasteiger partial charge >= 0.3 is 5.97 Å². The molecule has 0 spiro atoms. The van der Waals surface area contributed by atoms with Crippen molar-refractivity contribution in [1.29, 1.82) is 0 Å². The van der Waals surface area contributed by atoms with Crippen molar-refractivity contribution in [3.05, 3.63) is 35.9 Å². The number of esters is 1. The summed E-state index contributed by atoms with van der Waals surface area (Å²) < 4.78 is 26.5. The topological polar surface area (TPSA) is 80.3 Å².